The number of nitrogens with two attached hydrogens (primary N) is 1. The van der Waals surface area contributed by atoms with Crippen molar-refractivity contribution < 1.29 is 13.2 Å². The zero-order valence-corrected chi connectivity index (χ0v) is 13.5. The second-order valence-electron chi connectivity index (χ2n) is 5.61. The van der Waals surface area contributed by atoms with Crippen LogP contribution in [0.3, 0.4) is 0 Å². The molecular formula is C15H24N2O3S. The summed E-state index contributed by atoms with van der Waals surface area (Å²) in [4.78, 5) is 2.11. The first-order valence-electron chi connectivity index (χ1n) is 7.17. The van der Waals surface area contributed by atoms with Crippen molar-refractivity contribution in [2.75, 3.05) is 32.2 Å². The van der Waals surface area contributed by atoms with Gasteiger partial charge in [0.25, 0.3) is 0 Å². The molecule has 2 rings (SSSR count). The largest absolute Gasteiger partial charge is 0.380 e. The molecule has 5 nitrogen and oxygen atoms in total. The molecule has 1 aliphatic heterocycles. The van der Waals surface area contributed by atoms with Gasteiger partial charge in [0.05, 0.1) is 18.1 Å². The van der Waals surface area contributed by atoms with E-state index in [1.165, 1.54) is 0 Å². The van der Waals surface area contributed by atoms with Crippen molar-refractivity contribution >= 4 is 9.84 Å². The molecule has 0 bridgehead atoms. The fourth-order valence-electron chi connectivity index (χ4n) is 3.01. The van der Waals surface area contributed by atoms with E-state index in [1.54, 1.807) is 7.11 Å². The maximum absolute atomic E-state index is 11.7. The molecule has 2 unspecified atom stereocenters. The smallest absolute Gasteiger partial charge is 0.151 e. The maximum Gasteiger partial charge on any atom is 0.151 e. The molecule has 0 radical (unpaired) electrons. The van der Waals surface area contributed by atoms with Gasteiger partial charge < -0.3 is 10.5 Å². The van der Waals surface area contributed by atoms with Gasteiger partial charge in [-0.15, -0.1) is 0 Å². The van der Waals surface area contributed by atoms with E-state index in [0.29, 0.717) is 19.6 Å². The van der Waals surface area contributed by atoms with Crippen LogP contribution in [-0.2, 0) is 21.2 Å². The molecule has 0 amide bonds. The van der Waals surface area contributed by atoms with Crippen LogP contribution in [-0.4, -0.2) is 51.6 Å². The van der Waals surface area contributed by atoms with E-state index < -0.39 is 9.84 Å². The lowest BCUT2D eigenvalue weighted by atomic mass is 9.98. The summed E-state index contributed by atoms with van der Waals surface area (Å²) >= 11 is 0. The Morgan fingerprint density at radius 2 is 2.14 bits per heavy atom. The minimum atomic E-state index is -2.89. The first-order valence-corrected chi connectivity index (χ1v) is 9.00. The minimum absolute atomic E-state index is 0.00894. The van der Waals surface area contributed by atoms with Gasteiger partial charge in [-0.3, -0.25) is 4.90 Å². The fraction of sp³-hybridized carbons (Fsp3) is 0.600. The van der Waals surface area contributed by atoms with E-state index in [9.17, 15) is 8.42 Å². The summed E-state index contributed by atoms with van der Waals surface area (Å²) < 4.78 is 28.6. The first kappa shape index (κ1) is 16.4. The Balaban J connectivity index is 2.23. The maximum atomic E-state index is 11.7. The number of methoxy groups -OCH3 is 1. The van der Waals surface area contributed by atoms with Gasteiger partial charge in [-0.05, 0) is 24.6 Å². The number of hydrogen-bond donors (Lipinski definition) is 1. The molecule has 2 atom stereocenters. The Kier molecular flexibility index (Phi) is 5.37. The third-order valence-corrected chi connectivity index (χ3v) is 5.96. The first-order chi connectivity index (χ1) is 9.98. The fourth-order valence-corrected chi connectivity index (χ4v) is 4.80. The molecule has 1 saturated heterocycles. The zero-order chi connectivity index (χ0) is 15.5. The van der Waals surface area contributed by atoms with Crippen LogP contribution in [0.4, 0.5) is 0 Å². The number of hydrogen-bond acceptors (Lipinski definition) is 5. The number of benzene rings is 1. The zero-order valence-electron chi connectivity index (χ0n) is 12.7. The summed E-state index contributed by atoms with van der Waals surface area (Å²) in [6.45, 7) is 0.983. The Morgan fingerprint density at radius 3 is 2.71 bits per heavy atom. The summed E-state index contributed by atoms with van der Waals surface area (Å²) in [5.74, 6) is 0.505. The van der Waals surface area contributed by atoms with Crippen LogP contribution in [0, 0.1) is 0 Å². The highest BCUT2D eigenvalue weighted by Gasteiger charge is 2.34. The molecule has 0 spiro atoms. The Morgan fingerprint density at radius 1 is 1.43 bits per heavy atom. The predicted molar refractivity (Wildman–Crippen MR) is 83.8 cm³/mol. The lowest BCUT2D eigenvalue weighted by Crippen LogP contribution is -2.39. The Labute approximate surface area is 127 Å². The number of rotatable bonds is 6. The normalized spacial score (nSPS) is 22.6. The van der Waals surface area contributed by atoms with E-state index in [4.69, 9.17) is 10.5 Å². The summed E-state index contributed by atoms with van der Waals surface area (Å²) in [6, 6.07) is 8.09. The van der Waals surface area contributed by atoms with E-state index in [-0.39, 0.29) is 23.6 Å². The molecule has 2 N–H and O–H groups in total. The van der Waals surface area contributed by atoms with Gasteiger partial charge in [-0.1, -0.05) is 24.3 Å². The van der Waals surface area contributed by atoms with E-state index in [1.807, 2.05) is 31.3 Å². The van der Waals surface area contributed by atoms with Gasteiger partial charge >= 0.3 is 0 Å². The molecule has 118 valence electrons. The van der Waals surface area contributed by atoms with Crippen molar-refractivity contribution in [1.82, 2.24) is 4.90 Å². The van der Waals surface area contributed by atoms with Crippen LogP contribution in [0.5, 0.6) is 0 Å². The van der Waals surface area contributed by atoms with E-state index >= 15 is 0 Å². The van der Waals surface area contributed by atoms with Crippen LogP contribution in [0.1, 0.15) is 23.6 Å². The Hall–Kier alpha value is -0.950. The molecule has 1 aliphatic rings. The van der Waals surface area contributed by atoms with Gasteiger partial charge in [0, 0.05) is 25.7 Å². The van der Waals surface area contributed by atoms with Crippen molar-refractivity contribution in [3.05, 3.63) is 35.4 Å². The number of ether oxygens (including phenoxy) is 1. The van der Waals surface area contributed by atoms with E-state index in [0.717, 1.165) is 11.1 Å². The standard InChI is InChI=1S/C15H24N2O3S/c1-17(13-7-8-21(18,19)11-13)15(9-16)14-6-4-3-5-12(14)10-20-2/h3-6,13,15H,7-11,16H2,1-2H3. The molecule has 0 saturated carbocycles. The van der Waals surface area contributed by atoms with Crippen molar-refractivity contribution in [3.63, 3.8) is 0 Å². The summed E-state index contributed by atoms with van der Waals surface area (Å²) in [5, 5.41) is 0. The summed E-state index contributed by atoms with van der Waals surface area (Å²) in [6.07, 6.45) is 0.682. The summed E-state index contributed by atoms with van der Waals surface area (Å²) in [7, 11) is 0.741. The highest BCUT2D eigenvalue weighted by Crippen LogP contribution is 2.28. The van der Waals surface area contributed by atoms with Gasteiger partial charge in [0.2, 0.25) is 0 Å². The van der Waals surface area contributed by atoms with Crippen molar-refractivity contribution in [2.24, 2.45) is 5.73 Å². The van der Waals surface area contributed by atoms with Crippen LogP contribution >= 0.6 is 0 Å². The second-order valence-corrected chi connectivity index (χ2v) is 7.83. The van der Waals surface area contributed by atoms with Crippen molar-refractivity contribution in [3.8, 4) is 0 Å². The van der Waals surface area contributed by atoms with Crippen molar-refractivity contribution in [2.45, 2.75) is 25.1 Å². The number of sulfone groups is 1. The predicted octanol–water partition coefficient (Wildman–Crippen LogP) is 0.952. The van der Waals surface area contributed by atoms with Gasteiger partial charge in [-0.2, -0.15) is 0 Å². The van der Waals surface area contributed by atoms with Crippen LogP contribution < -0.4 is 5.73 Å². The SMILES string of the molecule is COCc1ccccc1C(CN)N(C)C1CCS(=O)(=O)C1. The van der Waals surface area contributed by atoms with Gasteiger partial charge in [-0.25, -0.2) is 8.42 Å². The third-order valence-electron chi connectivity index (χ3n) is 4.21. The van der Waals surface area contributed by atoms with Crippen LogP contribution in [0.2, 0.25) is 0 Å². The average Bonchev–Trinajstić information content (AvgIpc) is 2.82. The molecule has 1 aromatic rings. The van der Waals surface area contributed by atoms with E-state index in [2.05, 4.69) is 4.90 Å². The molecular weight excluding hydrogens is 288 g/mol. The van der Waals surface area contributed by atoms with Gasteiger partial charge in [0.15, 0.2) is 9.84 Å². The molecule has 1 heterocycles. The third kappa shape index (κ3) is 3.83. The average molecular weight is 312 g/mol. The van der Waals surface area contributed by atoms with Gasteiger partial charge in [0.1, 0.15) is 0 Å². The second kappa shape index (κ2) is 6.87. The molecule has 1 fully saturated rings. The molecule has 21 heavy (non-hydrogen) atoms. The monoisotopic (exact) mass is 312 g/mol. The highest BCUT2D eigenvalue weighted by molar-refractivity contribution is 7.91. The molecule has 6 heteroatoms. The molecule has 0 aromatic heterocycles. The van der Waals surface area contributed by atoms with Crippen LogP contribution in [0.15, 0.2) is 24.3 Å². The Bertz CT molecular complexity index is 574. The lowest BCUT2D eigenvalue weighted by molar-refractivity contribution is 0.171. The summed E-state index contributed by atoms with van der Waals surface area (Å²) in [5.41, 5.74) is 8.19. The van der Waals surface area contributed by atoms with Crippen LogP contribution in [0.25, 0.3) is 0 Å². The quantitative estimate of drug-likeness (QED) is 0.847. The highest BCUT2D eigenvalue weighted by atomic mass is 32.2. The number of nitrogens with zero attached hydrogens (tertiary/aromatic N) is 1. The number of likely N-dealkylation sites (N-methyl/N-ethyl adjacent to an activating group) is 1. The topological polar surface area (TPSA) is 72.6 Å². The lowest BCUT2D eigenvalue weighted by Gasteiger charge is -2.33. The minimum Gasteiger partial charge on any atom is -0.380 e. The molecule has 1 aromatic carbocycles. The molecule has 0 aliphatic carbocycles. The van der Waals surface area contributed by atoms with Crippen molar-refractivity contribution in [1.29, 1.82) is 0 Å².